The number of aliphatic hydroxyl groups excluding tert-OH is 1. The average molecular weight is 539 g/mol. The van der Waals surface area contributed by atoms with E-state index in [-0.39, 0.29) is 29.8 Å². The highest BCUT2D eigenvalue weighted by molar-refractivity contribution is 6.12. The number of benzene rings is 3. The third kappa shape index (κ3) is 5.69. The second-order valence-corrected chi connectivity index (χ2v) is 10.2. The number of carbonyl (C=O) groups is 2. The van der Waals surface area contributed by atoms with Gasteiger partial charge in [0.15, 0.2) is 0 Å². The molecule has 4 aromatic rings. The highest BCUT2D eigenvalue weighted by atomic mass is 19.1. The van der Waals surface area contributed by atoms with Crippen molar-refractivity contribution in [3.05, 3.63) is 114 Å². The molecule has 0 saturated heterocycles. The van der Waals surface area contributed by atoms with Crippen molar-refractivity contribution in [2.24, 2.45) is 0 Å². The van der Waals surface area contributed by atoms with Crippen LogP contribution in [0.25, 0.3) is 22.4 Å². The first kappa shape index (κ1) is 26.9. The Labute approximate surface area is 232 Å². The van der Waals surface area contributed by atoms with Crippen LogP contribution in [0.4, 0.5) is 10.1 Å². The first-order valence-corrected chi connectivity index (χ1v) is 13.4. The number of aromatic nitrogens is 1. The third-order valence-electron chi connectivity index (χ3n) is 6.97. The van der Waals surface area contributed by atoms with Gasteiger partial charge in [-0.25, -0.2) is 9.18 Å². The topological polar surface area (TPSA) is 80.6 Å². The summed E-state index contributed by atoms with van der Waals surface area (Å²) in [6.07, 6.45) is 1.22. The van der Waals surface area contributed by atoms with Gasteiger partial charge in [0.1, 0.15) is 17.7 Å². The van der Waals surface area contributed by atoms with Crippen LogP contribution in [0.15, 0.2) is 96.8 Å². The van der Waals surface area contributed by atoms with Gasteiger partial charge < -0.3 is 19.7 Å². The highest BCUT2D eigenvalue weighted by Crippen LogP contribution is 2.42. The Morgan fingerprint density at radius 2 is 1.65 bits per heavy atom. The molecule has 1 atom stereocenters. The molecule has 0 radical (unpaired) electrons. The molecule has 0 fully saturated rings. The number of nitrogens with zero attached hydrogens (tertiary/aromatic N) is 1. The lowest BCUT2D eigenvalue weighted by atomic mass is 9.94. The Bertz CT molecular complexity index is 1540. The second-order valence-electron chi connectivity index (χ2n) is 10.2. The van der Waals surface area contributed by atoms with Crippen LogP contribution in [0, 0.1) is 5.82 Å². The molecular formula is C33H31FN2O4. The van der Waals surface area contributed by atoms with E-state index in [0.29, 0.717) is 24.2 Å². The predicted molar refractivity (Wildman–Crippen MR) is 154 cm³/mol. The second kappa shape index (κ2) is 11.6. The summed E-state index contributed by atoms with van der Waals surface area (Å²) in [5.41, 5.74) is 5.15. The SMILES string of the molecule is CC(C)c1c(C(=O)Nc2ccccc2)c(-c2ccccc2)c(-c2ccc(F)cc2)n1CC[C@@H]1CC(O)=CC(=O)O1. The predicted octanol–water partition coefficient (Wildman–Crippen LogP) is 7.48. The van der Waals surface area contributed by atoms with Gasteiger partial charge in [0.05, 0.1) is 17.3 Å². The standard InChI is InChI=1S/C33H31FN2O4/c1-21(2)31-30(33(39)35-25-11-7-4-8-12-25)29(22-9-5-3-6-10-22)32(23-13-15-24(34)16-14-23)36(31)18-17-27-19-26(37)20-28(38)40-27/h3-16,20-21,27,37H,17-19H2,1-2H3,(H,35,39)/t27-/m1/s1. The molecule has 5 rings (SSSR count). The Balaban J connectivity index is 1.72. The highest BCUT2D eigenvalue weighted by Gasteiger charge is 2.31. The van der Waals surface area contributed by atoms with E-state index in [2.05, 4.69) is 9.88 Å². The first-order chi connectivity index (χ1) is 19.3. The van der Waals surface area contributed by atoms with E-state index in [9.17, 15) is 19.1 Å². The minimum Gasteiger partial charge on any atom is -0.512 e. The number of para-hydroxylation sites is 1. The number of amides is 1. The zero-order chi connectivity index (χ0) is 28.2. The van der Waals surface area contributed by atoms with Crippen LogP contribution in [0.5, 0.6) is 0 Å². The molecule has 40 heavy (non-hydrogen) atoms. The monoisotopic (exact) mass is 538 g/mol. The Morgan fingerprint density at radius 3 is 2.27 bits per heavy atom. The fourth-order valence-corrected chi connectivity index (χ4v) is 5.31. The molecule has 0 unspecified atom stereocenters. The molecule has 1 aliphatic rings. The summed E-state index contributed by atoms with van der Waals surface area (Å²) in [5, 5.41) is 13.1. The molecule has 1 aromatic heterocycles. The summed E-state index contributed by atoms with van der Waals surface area (Å²) in [6.45, 7) is 4.47. The molecule has 0 saturated carbocycles. The van der Waals surface area contributed by atoms with E-state index >= 15 is 0 Å². The number of esters is 1. The van der Waals surface area contributed by atoms with Crippen molar-refractivity contribution in [2.75, 3.05) is 5.32 Å². The van der Waals surface area contributed by atoms with Crippen LogP contribution in [0.1, 0.15) is 48.7 Å². The summed E-state index contributed by atoms with van der Waals surface area (Å²) in [6, 6.07) is 25.2. The van der Waals surface area contributed by atoms with E-state index in [0.717, 1.165) is 34.2 Å². The normalized spacial score (nSPS) is 15.1. The van der Waals surface area contributed by atoms with E-state index < -0.39 is 12.1 Å². The maximum atomic E-state index is 14.1. The molecular weight excluding hydrogens is 507 g/mol. The van der Waals surface area contributed by atoms with Gasteiger partial charge in [-0.2, -0.15) is 0 Å². The van der Waals surface area contributed by atoms with Crippen molar-refractivity contribution in [3.8, 4) is 22.4 Å². The van der Waals surface area contributed by atoms with Gasteiger partial charge in [-0.1, -0.05) is 62.4 Å². The van der Waals surface area contributed by atoms with Crippen LogP contribution in [-0.4, -0.2) is 27.7 Å². The average Bonchev–Trinajstić information content (AvgIpc) is 3.28. The van der Waals surface area contributed by atoms with Crippen molar-refractivity contribution >= 4 is 17.6 Å². The third-order valence-corrected chi connectivity index (χ3v) is 6.97. The van der Waals surface area contributed by atoms with Crippen molar-refractivity contribution in [2.45, 2.75) is 45.3 Å². The summed E-state index contributed by atoms with van der Waals surface area (Å²) in [5.74, 6) is -1.25. The zero-order valence-electron chi connectivity index (χ0n) is 22.4. The fourth-order valence-electron chi connectivity index (χ4n) is 5.31. The number of halogens is 1. The van der Waals surface area contributed by atoms with Crippen LogP contribution in [-0.2, 0) is 16.1 Å². The summed E-state index contributed by atoms with van der Waals surface area (Å²) in [4.78, 5) is 26.0. The minimum atomic E-state index is -0.572. The zero-order valence-corrected chi connectivity index (χ0v) is 22.4. The van der Waals surface area contributed by atoms with Gasteiger partial charge in [0.25, 0.3) is 5.91 Å². The van der Waals surface area contributed by atoms with Crippen molar-refractivity contribution in [1.82, 2.24) is 4.57 Å². The van der Waals surface area contributed by atoms with Gasteiger partial charge in [0.2, 0.25) is 0 Å². The van der Waals surface area contributed by atoms with Gasteiger partial charge >= 0.3 is 5.97 Å². The number of carbonyl (C=O) groups excluding carboxylic acids is 2. The molecule has 0 aliphatic carbocycles. The van der Waals surface area contributed by atoms with E-state index in [4.69, 9.17) is 4.74 Å². The van der Waals surface area contributed by atoms with Crippen molar-refractivity contribution < 1.29 is 23.8 Å². The molecule has 0 bridgehead atoms. The van der Waals surface area contributed by atoms with Crippen molar-refractivity contribution in [3.63, 3.8) is 0 Å². The maximum absolute atomic E-state index is 14.1. The van der Waals surface area contributed by atoms with Gasteiger partial charge in [-0.15, -0.1) is 0 Å². The van der Waals surface area contributed by atoms with E-state index in [1.54, 1.807) is 12.1 Å². The number of ether oxygens (including phenoxy) is 1. The maximum Gasteiger partial charge on any atom is 0.334 e. The molecule has 1 aliphatic heterocycles. The molecule has 7 heteroatoms. The molecule has 3 aromatic carbocycles. The van der Waals surface area contributed by atoms with E-state index in [1.807, 2.05) is 74.5 Å². The summed E-state index contributed by atoms with van der Waals surface area (Å²) < 4.78 is 21.6. The van der Waals surface area contributed by atoms with Crippen LogP contribution < -0.4 is 5.32 Å². The van der Waals surface area contributed by atoms with Crippen molar-refractivity contribution in [1.29, 1.82) is 0 Å². The lowest BCUT2D eigenvalue weighted by Gasteiger charge is -2.23. The van der Waals surface area contributed by atoms with Crippen LogP contribution in [0.3, 0.4) is 0 Å². The molecule has 0 spiro atoms. The van der Waals surface area contributed by atoms with Gasteiger partial charge in [-0.05, 0) is 53.4 Å². The minimum absolute atomic E-state index is 0.00972. The number of nitrogens with one attached hydrogen (secondary N) is 1. The molecule has 1 amide bonds. The molecule has 2 N–H and O–H groups in total. The Kier molecular flexibility index (Phi) is 7.82. The van der Waals surface area contributed by atoms with Gasteiger partial charge in [0, 0.05) is 36.3 Å². The number of hydrogen-bond acceptors (Lipinski definition) is 4. The molecule has 204 valence electrons. The lowest BCUT2D eigenvalue weighted by molar-refractivity contribution is -0.145. The van der Waals surface area contributed by atoms with Gasteiger partial charge in [-0.3, -0.25) is 4.79 Å². The number of hydrogen-bond donors (Lipinski definition) is 2. The Morgan fingerprint density at radius 1 is 1.00 bits per heavy atom. The number of cyclic esters (lactones) is 1. The van der Waals surface area contributed by atoms with Crippen LogP contribution in [0.2, 0.25) is 0 Å². The molecule has 6 nitrogen and oxygen atoms in total. The largest absolute Gasteiger partial charge is 0.512 e. The smallest absolute Gasteiger partial charge is 0.334 e. The number of anilines is 1. The first-order valence-electron chi connectivity index (χ1n) is 13.4. The number of rotatable bonds is 8. The van der Waals surface area contributed by atoms with E-state index in [1.165, 1.54) is 12.1 Å². The summed E-state index contributed by atoms with van der Waals surface area (Å²) >= 11 is 0. The van der Waals surface area contributed by atoms with Crippen LogP contribution >= 0.6 is 0 Å². The summed E-state index contributed by atoms with van der Waals surface area (Å²) in [7, 11) is 0. The fraction of sp³-hybridized carbons (Fsp3) is 0.212. The quantitative estimate of drug-likeness (QED) is 0.228. The molecule has 2 heterocycles. The Hall–Kier alpha value is -4.65. The number of aliphatic hydroxyl groups is 1. The lowest BCUT2D eigenvalue weighted by Crippen LogP contribution is -2.25.